The third-order valence-electron chi connectivity index (χ3n) is 2.33. The molecule has 0 amide bonds. The summed E-state index contributed by atoms with van der Waals surface area (Å²) in [7, 11) is 0. The van der Waals surface area contributed by atoms with Crippen molar-refractivity contribution in [3.63, 3.8) is 0 Å². The van der Waals surface area contributed by atoms with Gasteiger partial charge in [-0.05, 0) is 18.6 Å². The summed E-state index contributed by atoms with van der Waals surface area (Å²) in [5.41, 5.74) is 0.811. The van der Waals surface area contributed by atoms with Gasteiger partial charge in [0.25, 0.3) is 0 Å². The number of ketones is 1. The first-order valence-corrected chi connectivity index (χ1v) is 6.68. The summed E-state index contributed by atoms with van der Waals surface area (Å²) in [6.45, 7) is 0. The average Bonchev–Trinajstić information content (AvgIpc) is 2.30. The van der Waals surface area contributed by atoms with E-state index in [2.05, 4.69) is 28.1 Å². The largest absolute Gasteiger partial charge is 0.293 e. The van der Waals surface area contributed by atoms with Crippen molar-refractivity contribution < 1.29 is 4.79 Å². The Morgan fingerprint density at radius 2 is 2.00 bits per heavy atom. The Morgan fingerprint density at radius 1 is 1.27 bits per heavy atom. The molecule has 1 aliphatic rings. The van der Waals surface area contributed by atoms with E-state index < -0.39 is 0 Å². The van der Waals surface area contributed by atoms with E-state index >= 15 is 0 Å². The number of carbonyl (C=O) groups excluding carboxylic acids is 1. The Kier molecular flexibility index (Phi) is 3.65. The van der Waals surface area contributed by atoms with Crippen LogP contribution in [0.25, 0.3) is 0 Å². The zero-order valence-corrected chi connectivity index (χ0v) is 10.6. The molecule has 0 N–H and O–H groups in total. The second-order valence-corrected chi connectivity index (χ2v) is 5.55. The highest BCUT2D eigenvalue weighted by molar-refractivity contribution is 9.10. The van der Waals surface area contributed by atoms with Gasteiger partial charge in [0.15, 0.2) is 5.78 Å². The van der Waals surface area contributed by atoms with Crippen molar-refractivity contribution in [3.8, 4) is 0 Å². The molecule has 15 heavy (non-hydrogen) atoms. The third kappa shape index (κ3) is 2.73. The summed E-state index contributed by atoms with van der Waals surface area (Å²) in [4.78, 5) is 12.0. The van der Waals surface area contributed by atoms with Gasteiger partial charge in [0.2, 0.25) is 0 Å². The molecule has 0 saturated heterocycles. The molecule has 1 unspecified atom stereocenters. The Balaban J connectivity index is 2.13. The van der Waals surface area contributed by atoms with Crippen LogP contribution in [0.15, 0.2) is 40.9 Å². The quantitative estimate of drug-likeness (QED) is 0.608. The zero-order valence-electron chi connectivity index (χ0n) is 8.15. The number of Topliss-reactive ketones (excluding diaryl/α,β-unsaturated/α-hetero) is 1. The number of carbonyl (C=O) groups is 1. The molecule has 0 aromatic heterocycles. The summed E-state index contributed by atoms with van der Waals surface area (Å²) >= 11 is 5.09. The smallest absolute Gasteiger partial charge is 0.176 e. The van der Waals surface area contributed by atoms with Gasteiger partial charge in [0.1, 0.15) is 0 Å². The molecule has 1 nitrogen and oxygen atoms in total. The van der Waals surface area contributed by atoms with Gasteiger partial charge in [-0.25, -0.2) is 0 Å². The van der Waals surface area contributed by atoms with Crippen molar-refractivity contribution in [1.82, 2.24) is 0 Å². The molecular formula is C12H11BrOS. The molecule has 78 valence electrons. The Bertz CT molecular complexity index is 383. The molecule has 0 aliphatic carbocycles. The van der Waals surface area contributed by atoms with Gasteiger partial charge >= 0.3 is 0 Å². The fourth-order valence-corrected chi connectivity index (χ4v) is 2.79. The van der Waals surface area contributed by atoms with E-state index in [1.165, 1.54) is 0 Å². The first-order valence-electron chi connectivity index (χ1n) is 4.84. The molecule has 0 bridgehead atoms. The summed E-state index contributed by atoms with van der Waals surface area (Å²) in [6.07, 6.45) is 5.08. The summed E-state index contributed by atoms with van der Waals surface area (Å²) in [5, 5.41) is 0.108. The van der Waals surface area contributed by atoms with Gasteiger partial charge < -0.3 is 0 Å². The van der Waals surface area contributed by atoms with E-state index in [9.17, 15) is 4.79 Å². The minimum Gasteiger partial charge on any atom is -0.293 e. The number of rotatable bonds is 2. The van der Waals surface area contributed by atoms with Crippen LogP contribution in [0.4, 0.5) is 0 Å². The molecule has 0 fully saturated rings. The molecule has 1 aliphatic heterocycles. The Morgan fingerprint density at radius 3 is 2.60 bits per heavy atom. The van der Waals surface area contributed by atoms with Gasteiger partial charge in [0, 0.05) is 15.8 Å². The Hall–Kier alpha value is -0.540. The van der Waals surface area contributed by atoms with E-state index in [4.69, 9.17) is 0 Å². The minimum atomic E-state index is 0.108. The van der Waals surface area contributed by atoms with Crippen molar-refractivity contribution in [1.29, 1.82) is 0 Å². The molecule has 1 atom stereocenters. The summed E-state index contributed by atoms with van der Waals surface area (Å²) in [5.74, 6) is 1.20. The van der Waals surface area contributed by atoms with Crippen LogP contribution < -0.4 is 0 Å². The molecule has 0 saturated carbocycles. The fraction of sp³-hybridized carbons (Fsp3) is 0.250. The highest BCUT2D eigenvalue weighted by atomic mass is 79.9. The van der Waals surface area contributed by atoms with Gasteiger partial charge in [-0.1, -0.05) is 40.2 Å². The second kappa shape index (κ2) is 4.99. The SMILES string of the molecule is O=C(c1ccc(Br)cc1)C1CC=CCS1. The van der Waals surface area contributed by atoms with Crippen molar-refractivity contribution in [3.05, 3.63) is 46.5 Å². The fourth-order valence-electron chi connectivity index (χ4n) is 1.51. The predicted molar refractivity (Wildman–Crippen MR) is 68.5 cm³/mol. The van der Waals surface area contributed by atoms with Crippen molar-refractivity contribution >= 4 is 33.5 Å². The van der Waals surface area contributed by atoms with E-state index in [0.29, 0.717) is 0 Å². The van der Waals surface area contributed by atoms with Crippen LogP contribution in [-0.2, 0) is 0 Å². The number of halogens is 1. The van der Waals surface area contributed by atoms with Gasteiger partial charge in [-0.2, -0.15) is 0 Å². The maximum atomic E-state index is 12.0. The van der Waals surface area contributed by atoms with E-state index in [0.717, 1.165) is 22.2 Å². The topological polar surface area (TPSA) is 17.1 Å². The van der Waals surface area contributed by atoms with E-state index in [1.54, 1.807) is 11.8 Å². The second-order valence-electron chi connectivity index (χ2n) is 3.40. The normalized spacial score (nSPS) is 20.2. The highest BCUT2D eigenvalue weighted by Crippen LogP contribution is 2.24. The lowest BCUT2D eigenvalue weighted by Gasteiger charge is -2.15. The maximum Gasteiger partial charge on any atom is 0.176 e. The van der Waals surface area contributed by atoms with Crippen molar-refractivity contribution in [2.45, 2.75) is 11.7 Å². The molecule has 1 aromatic carbocycles. The number of benzene rings is 1. The van der Waals surface area contributed by atoms with Gasteiger partial charge in [0.05, 0.1) is 5.25 Å². The lowest BCUT2D eigenvalue weighted by atomic mass is 10.1. The molecule has 3 heteroatoms. The zero-order chi connectivity index (χ0) is 10.7. The van der Waals surface area contributed by atoms with Crippen LogP contribution in [0.5, 0.6) is 0 Å². The molecule has 2 rings (SSSR count). The first kappa shape index (κ1) is 11.0. The number of hydrogen-bond donors (Lipinski definition) is 0. The monoisotopic (exact) mass is 282 g/mol. The third-order valence-corrected chi connectivity index (χ3v) is 4.05. The van der Waals surface area contributed by atoms with Gasteiger partial charge in [-0.15, -0.1) is 11.8 Å². The molecule has 1 heterocycles. The molecule has 0 spiro atoms. The van der Waals surface area contributed by atoms with Crippen molar-refractivity contribution in [2.24, 2.45) is 0 Å². The molecule has 1 aromatic rings. The lowest BCUT2D eigenvalue weighted by molar-refractivity contribution is 0.0989. The maximum absolute atomic E-state index is 12.0. The van der Waals surface area contributed by atoms with Crippen LogP contribution >= 0.6 is 27.7 Å². The predicted octanol–water partition coefficient (Wildman–Crippen LogP) is 3.69. The van der Waals surface area contributed by atoms with Gasteiger partial charge in [-0.3, -0.25) is 4.79 Å². The van der Waals surface area contributed by atoms with E-state index in [1.807, 2.05) is 24.3 Å². The summed E-state index contributed by atoms with van der Waals surface area (Å²) < 4.78 is 1.01. The number of thioether (sulfide) groups is 1. The number of hydrogen-bond acceptors (Lipinski definition) is 2. The van der Waals surface area contributed by atoms with Crippen LogP contribution in [0.1, 0.15) is 16.8 Å². The van der Waals surface area contributed by atoms with Crippen molar-refractivity contribution in [2.75, 3.05) is 5.75 Å². The van der Waals surface area contributed by atoms with Crippen LogP contribution in [-0.4, -0.2) is 16.8 Å². The van der Waals surface area contributed by atoms with Crippen LogP contribution in [0.3, 0.4) is 0 Å². The first-order chi connectivity index (χ1) is 7.27. The Labute approximate surface area is 102 Å². The average molecular weight is 283 g/mol. The summed E-state index contributed by atoms with van der Waals surface area (Å²) in [6, 6.07) is 7.59. The number of allylic oxidation sites excluding steroid dienone is 1. The van der Waals surface area contributed by atoms with Crippen LogP contribution in [0.2, 0.25) is 0 Å². The molecular weight excluding hydrogens is 272 g/mol. The van der Waals surface area contributed by atoms with E-state index in [-0.39, 0.29) is 11.0 Å². The lowest BCUT2D eigenvalue weighted by Crippen LogP contribution is -2.18. The highest BCUT2D eigenvalue weighted by Gasteiger charge is 2.20. The minimum absolute atomic E-state index is 0.108. The standard InChI is InChI=1S/C12H11BrOS/c13-10-6-4-9(5-7-10)12(14)11-3-1-2-8-15-11/h1-2,4-7,11H,3,8H2. The van der Waals surface area contributed by atoms with Crippen LogP contribution in [0, 0.1) is 0 Å². The molecule has 0 radical (unpaired) electrons.